The van der Waals surface area contributed by atoms with Gasteiger partial charge in [-0.3, -0.25) is 4.79 Å². The Morgan fingerprint density at radius 2 is 1.71 bits per heavy atom. The molecular weight excluding hydrogens is 266 g/mol. The van der Waals surface area contributed by atoms with Crippen molar-refractivity contribution in [3.05, 3.63) is 23.1 Å². The Morgan fingerprint density at radius 3 is 2.14 bits per heavy atom. The van der Waals surface area contributed by atoms with Crippen LogP contribution in [0.5, 0.6) is 0 Å². The number of carbonyl (C=O) groups excluding carboxylic acids is 1. The first kappa shape index (κ1) is 17.1. The molecule has 1 saturated carbocycles. The molecule has 1 fully saturated rings. The van der Waals surface area contributed by atoms with E-state index in [-0.39, 0.29) is 5.91 Å². The van der Waals surface area contributed by atoms with Crippen molar-refractivity contribution in [3.8, 4) is 0 Å². The number of rotatable bonds is 4. The third-order valence-electron chi connectivity index (χ3n) is 3.28. The van der Waals surface area contributed by atoms with Gasteiger partial charge in [0.05, 0.1) is 5.69 Å². The molecule has 1 amide bonds. The molecule has 1 aromatic rings. The van der Waals surface area contributed by atoms with Crippen LogP contribution in [0.2, 0.25) is 0 Å². The summed E-state index contributed by atoms with van der Waals surface area (Å²) in [6.45, 7) is 4.05. The van der Waals surface area contributed by atoms with E-state index in [4.69, 9.17) is 0 Å². The molecule has 0 bridgehead atoms. The van der Waals surface area contributed by atoms with Gasteiger partial charge in [-0.1, -0.05) is 38.5 Å². The molecule has 1 aliphatic carbocycles. The van der Waals surface area contributed by atoms with Gasteiger partial charge >= 0.3 is 0 Å². The average Bonchev–Trinajstić information content (AvgIpc) is 2.51. The molecule has 0 aromatic heterocycles. The van der Waals surface area contributed by atoms with Crippen LogP contribution in [0.3, 0.4) is 0 Å². The smallest absolute Gasteiger partial charge is 0.221 e. The third-order valence-corrected chi connectivity index (χ3v) is 3.28. The summed E-state index contributed by atoms with van der Waals surface area (Å²) >= 11 is 0. The van der Waals surface area contributed by atoms with Gasteiger partial charge in [0.25, 0.3) is 0 Å². The monoisotopic (exact) mass is 291 g/mol. The first-order chi connectivity index (χ1) is 10.2. The summed E-state index contributed by atoms with van der Waals surface area (Å²) in [6.07, 6.45) is 9.00. The van der Waals surface area contributed by atoms with Crippen LogP contribution in [0.1, 0.15) is 52.4 Å². The van der Waals surface area contributed by atoms with Crippen molar-refractivity contribution >= 4 is 23.0 Å². The Morgan fingerprint density at radius 1 is 1.14 bits per heavy atom. The standard InChI is InChI=1S/C10H13N3O2.C6H12/c1-3-11-9-5-4-8(12-7(2)14)6-10(9)13-15;1-2-4-6-5-3-1/h4-6,11H,3H2,1-2H3,(H,12,14);1-6H2. The zero-order valence-corrected chi connectivity index (χ0v) is 12.9. The minimum Gasteiger partial charge on any atom is -0.383 e. The molecule has 116 valence electrons. The number of carbonyl (C=O) groups is 1. The normalized spacial score (nSPS) is 13.6. The highest BCUT2D eigenvalue weighted by Crippen LogP contribution is 2.28. The first-order valence-corrected chi connectivity index (χ1v) is 7.66. The number of nitrogens with one attached hydrogen (secondary N) is 2. The highest BCUT2D eigenvalue weighted by atomic mass is 16.3. The lowest BCUT2D eigenvalue weighted by molar-refractivity contribution is -0.114. The van der Waals surface area contributed by atoms with Gasteiger partial charge in [-0.2, -0.15) is 0 Å². The number of anilines is 2. The first-order valence-electron chi connectivity index (χ1n) is 7.66. The molecule has 1 aliphatic rings. The van der Waals surface area contributed by atoms with E-state index in [2.05, 4.69) is 15.8 Å². The van der Waals surface area contributed by atoms with E-state index in [9.17, 15) is 9.70 Å². The van der Waals surface area contributed by atoms with Gasteiger partial charge in [-0.05, 0) is 30.3 Å². The number of nitrogens with zero attached hydrogens (tertiary/aromatic N) is 1. The quantitative estimate of drug-likeness (QED) is 0.782. The average molecular weight is 291 g/mol. The predicted octanol–water partition coefficient (Wildman–Crippen LogP) is 4.82. The minimum absolute atomic E-state index is 0.178. The molecule has 0 atom stereocenters. The Labute approximate surface area is 126 Å². The molecule has 5 heteroatoms. The van der Waals surface area contributed by atoms with Crippen LogP contribution in [-0.4, -0.2) is 12.5 Å². The van der Waals surface area contributed by atoms with Crippen LogP contribution in [-0.2, 0) is 4.79 Å². The van der Waals surface area contributed by atoms with Crippen LogP contribution in [0.4, 0.5) is 17.1 Å². The number of benzene rings is 1. The summed E-state index contributed by atoms with van der Waals surface area (Å²) in [7, 11) is 0. The third kappa shape index (κ3) is 6.88. The molecule has 0 spiro atoms. The van der Waals surface area contributed by atoms with Gasteiger partial charge in [0.15, 0.2) is 0 Å². The molecule has 2 rings (SSSR count). The molecule has 5 nitrogen and oxygen atoms in total. The fourth-order valence-corrected chi connectivity index (χ4v) is 2.29. The van der Waals surface area contributed by atoms with Crippen molar-refractivity contribution < 1.29 is 4.79 Å². The molecule has 0 radical (unpaired) electrons. The number of hydrogen-bond acceptors (Lipinski definition) is 4. The van der Waals surface area contributed by atoms with Crippen molar-refractivity contribution in [2.45, 2.75) is 52.4 Å². The van der Waals surface area contributed by atoms with Gasteiger partial charge in [0.2, 0.25) is 5.91 Å². The van der Waals surface area contributed by atoms with Crippen molar-refractivity contribution in [2.24, 2.45) is 5.18 Å². The largest absolute Gasteiger partial charge is 0.383 e. The van der Waals surface area contributed by atoms with Crippen LogP contribution in [0.15, 0.2) is 23.4 Å². The van der Waals surface area contributed by atoms with E-state index in [1.165, 1.54) is 51.5 Å². The van der Waals surface area contributed by atoms with E-state index < -0.39 is 0 Å². The van der Waals surface area contributed by atoms with Gasteiger partial charge in [0.1, 0.15) is 5.69 Å². The zero-order valence-electron chi connectivity index (χ0n) is 12.9. The lowest BCUT2D eigenvalue weighted by atomic mass is 10.0. The van der Waals surface area contributed by atoms with Crippen LogP contribution < -0.4 is 10.6 Å². The molecule has 0 saturated heterocycles. The van der Waals surface area contributed by atoms with Gasteiger partial charge in [-0.15, -0.1) is 4.91 Å². The van der Waals surface area contributed by atoms with Crippen molar-refractivity contribution in [3.63, 3.8) is 0 Å². The number of nitroso groups, excluding NO2 is 1. The number of amides is 1. The highest BCUT2D eigenvalue weighted by molar-refractivity contribution is 5.90. The van der Waals surface area contributed by atoms with E-state index in [1.807, 2.05) is 6.92 Å². The number of hydrogen-bond donors (Lipinski definition) is 2. The summed E-state index contributed by atoms with van der Waals surface area (Å²) in [6, 6.07) is 4.96. The minimum atomic E-state index is -0.178. The second-order valence-corrected chi connectivity index (χ2v) is 5.16. The summed E-state index contributed by atoms with van der Waals surface area (Å²) in [5.74, 6) is -0.178. The van der Waals surface area contributed by atoms with Gasteiger partial charge in [0, 0.05) is 19.2 Å². The van der Waals surface area contributed by atoms with Gasteiger partial charge < -0.3 is 10.6 Å². The zero-order chi connectivity index (χ0) is 15.5. The Bertz CT molecular complexity index is 445. The fraction of sp³-hybridized carbons (Fsp3) is 0.562. The van der Waals surface area contributed by atoms with E-state index in [0.29, 0.717) is 23.6 Å². The Balaban J connectivity index is 0.000000304. The topological polar surface area (TPSA) is 70.6 Å². The maximum Gasteiger partial charge on any atom is 0.221 e. The SMILES string of the molecule is C1CCCCC1.CCNc1ccc(NC(C)=O)cc1N=O. The van der Waals surface area contributed by atoms with Crippen LogP contribution >= 0.6 is 0 Å². The molecule has 2 N–H and O–H groups in total. The van der Waals surface area contributed by atoms with Crippen LogP contribution in [0, 0.1) is 4.91 Å². The molecular formula is C16H25N3O2. The summed E-state index contributed by atoms with van der Waals surface area (Å²) in [4.78, 5) is 21.3. The summed E-state index contributed by atoms with van der Waals surface area (Å²) in [5, 5.41) is 8.48. The lowest BCUT2D eigenvalue weighted by Crippen LogP contribution is -2.05. The summed E-state index contributed by atoms with van der Waals surface area (Å²) in [5.41, 5.74) is 1.53. The second kappa shape index (κ2) is 9.91. The van der Waals surface area contributed by atoms with E-state index in [0.717, 1.165) is 0 Å². The maximum absolute atomic E-state index is 10.8. The Hall–Kier alpha value is -1.91. The maximum atomic E-state index is 10.8. The summed E-state index contributed by atoms with van der Waals surface area (Å²) < 4.78 is 0. The van der Waals surface area contributed by atoms with Crippen molar-refractivity contribution in [1.29, 1.82) is 0 Å². The van der Waals surface area contributed by atoms with Crippen LogP contribution in [0.25, 0.3) is 0 Å². The van der Waals surface area contributed by atoms with Crippen molar-refractivity contribution in [2.75, 3.05) is 17.2 Å². The fourth-order valence-electron chi connectivity index (χ4n) is 2.29. The molecule has 1 aromatic carbocycles. The van der Waals surface area contributed by atoms with E-state index in [1.54, 1.807) is 12.1 Å². The molecule has 0 heterocycles. The second-order valence-electron chi connectivity index (χ2n) is 5.16. The highest BCUT2D eigenvalue weighted by Gasteiger charge is 2.04. The molecule has 21 heavy (non-hydrogen) atoms. The van der Waals surface area contributed by atoms with E-state index >= 15 is 0 Å². The molecule has 0 unspecified atom stereocenters. The Kier molecular flexibility index (Phi) is 8.09. The lowest BCUT2D eigenvalue weighted by Gasteiger charge is -2.07. The predicted molar refractivity (Wildman–Crippen MR) is 88.1 cm³/mol. The van der Waals surface area contributed by atoms with Gasteiger partial charge in [-0.25, -0.2) is 0 Å². The molecule has 0 aliphatic heterocycles. The van der Waals surface area contributed by atoms with Crippen molar-refractivity contribution in [1.82, 2.24) is 0 Å².